The SMILES string of the molecule is COc1ccc(NC(=O)[C@@H]2CCC[C@@H]2CN)cc1F. The second kappa shape index (κ2) is 6.02. The summed E-state index contributed by atoms with van der Waals surface area (Å²) in [5, 5.41) is 2.75. The largest absolute Gasteiger partial charge is 0.494 e. The van der Waals surface area contributed by atoms with E-state index in [4.69, 9.17) is 10.5 Å². The monoisotopic (exact) mass is 266 g/mol. The highest BCUT2D eigenvalue weighted by molar-refractivity contribution is 5.93. The molecule has 1 aromatic carbocycles. The van der Waals surface area contributed by atoms with Crippen molar-refractivity contribution >= 4 is 11.6 Å². The standard InChI is InChI=1S/C14H19FN2O2/c1-19-13-6-5-10(7-12(13)15)17-14(18)11-4-2-3-9(11)8-16/h5-7,9,11H,2-4,8,16H2,1H3,(H,17,18)/t9-,11-/m1/s1. The molecule has 0 bridgehead atoms. The van der Waals surface area contributed by atoms with Gasteiger partial charge in [-0.15, -0.1) is 0 Å². The molecule has 0 saturated heterocycles. The molecule has 1 fully saturated rings. The zero-order valence-electron chi connectivity index (χ0n) is 11.0. The number of halogens is 1. The molecule has 104 valence electrons. The number of anilines is 1. The Hall–Kier alpha value is -1.62. The number of ether oxygens (including phenoxy) is 1. The fourth-order valence-corrected chi connectivity index (χ4v) is 2.64. The first-order valence-electron chi connectivity index (χ1n) is 6.50. The van der Waals surface area contributed by atoms with Gasteiger partial charge in [0, 0.05) is 17.7 Å². The molecule has 3 N–H and O–H groups in total. The molecular weight excluding hydrogens is 247 g/mol. The lowest BCUT2D eigenvalue weighted by Gasteiger charge is -2.17. The Labute approximate surface area is 112 Å². The Morgan fingerprint density at radius 3 is 2.95 bits per heavy atom. The van der Waals surface area contributed by atoms with Crippen molar-refractivity contribution in [2.75, 3.05) is 19.0 Å². The molecule has 5 heteroatoms. The van der Waals surface area contributed by atoms with Crippen molar-refractivity contribution in [1.29, 1.82) is 0 Å². The van der Waals surface area contributed by atoms with Gasteiger partial charge in [-0.25, -0.2) is 4.39 Å². The molecule has 0 heterocycles. The molecule has 0 aliphatic heterocycles. The smallest absolute Gasteiger partial charge is 0.227 e. The maximum Gasteiger partial charge on any atom is 0.227 e. The number of nitrogens with two attached hydrogens (primary N) is 1. The highest BCUT2D eigenvalue weighted by Gasteiger charge is 2.31. The molecule has 1 aliphatic carbocycles. The molecule has 0 radical (unpaired) electrons. The van der Waals surface area contributed by atoms with Gasteiger partial charge in [0.25, 0.3) is 0 Å². The quantitative estimate of drug-likeness (QED) is 0.877. The van der Waals surface area contributed by atoms with Crippen LogP contribution in [0.2, 0.25) is 0 Å². The molecular formula is C14H19FN2O2. The normalized spacial score (nSPS) is 22.3. The fraction of sp³-hybridized carbons (Fsp3) is 0.500. The van der Waals surface area contributed by atoms with Crippen molar-refractivity contribution < 1.29 is 13.9 Å². The zero-order chi connectivity index (χ0) is 13.8. The number of carbonyl (C=O) groups is 1. The summed E-state index contributed by atoms with van der Waals surface area (Å²) in [4.78, 5) is 12.1. The predicted molar refractivity (Wildman–Crippen MR) is 71.5 cm³/mol. The van der Waals surface area contributed by atoms with Crippen LogP contribution in [0.3, 0.4) is 0 Å². The Morgan fingerprint density at radius 1 is 1.53 bits per heavy atom. The van der Waals surface area contributed by atoms with Crippen molar-refractivity contribution in [2.45, 2.75) is 19.3 Å². The van der Waals surface area contributed by atoms with E-state index in [2.05, 4.69) is 5.32 Å². The van der Waals surface area contributed by atoms with Gasteiger partial charge in [-0.3, -0.25) is 4.79 Å². The van der Waals surface area contributed by atoms with Crippen LogP contribution in [0.5, 0.6) is 5.75 Å². The first-order chi connectivity index (χ1) is 9.15. The lowest BCUT2D eigenvalue weighted by Crippen LogP contribution is -2.29. The van der Waals surface area contributed by atoms with E-state index in [0.29, 0.717) is 12.2 Å². The summed E-state index contributed by atoms with van der Waals surface area (Å²) in [7, 11) is 1.40. The minimum absolute atomic E-state index is 0.0600. The number of hydrogen-bond donors (Lipinski definition) is 2. The summed E-state index contributed by atoms with van der Waals surface area (Å²) in [6.07, 6.45) is 2.87. The molecule has 1 aromatic rings. The zero-order valence-corrected chi connectivity index (χ0v) is 11.0. The van der Waals surface area contributed by atoms with Crippen molar-refractivity contribution in [3.05, 3.63) is 24.0 Å². The van der Waals surface area contributed by atoms with Gasteiger partial charge in [0.15, 0.2) is 11.6 Å². The van der Waals surface area contributed by atoms with Crippen molar-refractivity contribution in [2.24, 2.45) is 17.6 Å². The molecule has 0 aromatic heterocycles. The first kappa shape index (κ1) is 13.8. The Bertz CT molecular complexity index is 465. The van der Waals surface area contributed by atoms with Crippen LogP contribution in [0.25, 0.3) is 0 Å². The molecule has 2 atom stereocenters. The van der Waals surface area contributed by atoms with Crippen molar-refractivity contribution in [3.63, 3.8) is 0 Å². The van der Waals surface area contributed by atoms with Crippen LogP contribution >= 0.6 is 0 Å². The number of hydrogen-bond acceptors (Lipinski definition) is 3. The van der Waals surface area contributed by atoms with E-state index in [1.807, 2.05) is 0 Å². The molecule has 19 heavy (non-hydrogen) atoms. The van der Waals surface area contributed by atoms with Crippen LogP contribution in [0.1, 0.15) is 19.3 Å². The van der Waals surface area contributed by atoms with Gasteiger partial charge in [0.1, 0.15) is 0 Å². The lowest BCUT2D eigenvalue weighted by molar-refractivity contribution is -0.120. The van der Waals surface area contributed by atoms with Gasteiger partial charge >= 0.3 is 0 Å². The third kappa shape index (κ3) is 3.04. The molecule has 4 nitrogen and oxygen atoms in total. The summed E-state index contributed by atoms with van der Waals surface area (Å²) < 4.78 is 18.4. The maximum atomic E-state index is 13.5. The van der Waals surface area contributed by atoms with E-state index in [9.17, 15) is 9.18 Å². The topological polar surface area (TPSA) is 64.3 Å². The molecule has 2 rings (SSSR count). The Morgan fingerprint density at radius 2 is 2.32 bits per heavy atom. The Balaban J connectivity index is 2.04. The summed E-state index contributed by atoms with van der Waals surface area (Å²) in [5.74, 6) is -0.212. The van der Waals surface area contributed by atoms with Gasteiger partial charge in [0.05, 0.1) is 7.11 Å². The van der Waals surface area contributed by atoms with E-state index < -0.39 is 5.82 Å². The van der Waals surface area contributed by atoms with E-state index >= 15 is 0 Å². The number of benzene rings is 1. The van der Waals surface area contributed by atoms with E-state index in [0.717, 1.165) is 19.3 Å². The van der Waals surface area contributed by atoms with Gasteiger partial charge in [0.2, 0.25) is 5.91 Å². The third-order valence-corrected chi connectivity index (χ3v) is 3.72. The number of amides is 1. The van der Waals surface area contributed by atoms with Crippen LogP contribution < -0.4 is 15.8 Å². The van der Waals surface area contributed by atoms with Crippen molar-refractivity contribution in [1.82, 2.24) is 0 Å². The minimum atomic E-state index is -0.484. The number of carbonyl (C=O) groups excluding carboxylic acids is 1. The van der Waals surface area contributed by atoms with Crippen LogP contribution in [0.4, 0.5) is 10.1 Å². The summed E-state index contributed by atoms with van der Waals surface area (Å²) >= 11 is 0. The molecule has 1 saturated carbocycles. The second-order valence-electron chi connectivity index (χ2n) is 4.87. The van der Waals surface area contributed by atoms with Crippen LogP contribution in [-0.2, 0) is 4.79 Å². The summed E-state index contributed by atoms with van der Waals surface area (Å²) in [6, 6.07) is 4.40. The molecule has 1 amide bonds. The van der Waals surface area contributed by atoms with E-state index in [-0.39, 0.29) is 23.5 Å². The number of methoxy groups -OCH3 is 1. The number of rotatable bonds is 4. The van der Waals surface area contributed by atoms with Crippen LogP contribution in [0.15, 0.2) is 18.2 Å². The third-order valence-electron chi connectivity index (χ3n) is 3.72. The van der Waals surface area contributed by atoms with Gasteiger partial charge < -0.3 is 15.8 Å². The summed E-state index contributed by atoms with van der Waals surface area (Å²) in [6.45, 7) is 0.523. The highest BCUT2D eigenvalue weighted by atomic mass is 19.1. The van der Waals surface area contributed by atoms with Gasteiger partial charge in [-0.1, -0.05) is 6.42 Å². The molecule has 0 unspecified atom stereocenters. The molecule has 1 aliphatic rings. The predicted octanol–water partition coefficient (Wildman–Crippen LogP) is 2.15. The van der Waals surface area contributed by atoms with E-state index in [1.54, 1.807) is 6.07 Å². The second-order valence-corrected chi connectivity index (χ2v) is 4.87. The highest BCUT2D eigenvalue weighted by Crippen LogP contribution is 2.32. The maximum absolute atomic E-state index is 13.5. The van der Waals surface area contributed by atoms with Crippen molar-refractivity contribution in [3.8, 4) is 5.75 Å². The van der Waals surface area contributed by atoms with E-state index in [1.165, 1.54) is 19.2 Å². The lowest BCUT2D eigenvalue weighted by atomic mass is 9.95. The number of nitrogens with one attached hydrogen (secondary N) is 1. The fourth-order valence-electron chi connectivity index (χ4n) is 2.64. The molecule has 0 spiro atoms. The average Bonchev–Trinajstić information content (AvgIpc) is 2.87. The first-order valence-corrected chi connectivity index (χ1v) is 6.50. The van der Waals surface area contributed by atoms with Gasteiger partial charge in [-0.2, -0.15) is 0 Å². The van der Waals surface area contributed by atoms with Gasteiger partial charge in [-0.05, 0) is 37.4 Å². The van der Waals surface area contributed by atoms with Crippen LogP contribution in [-0.4, -0.2) is 19.6 Å². The summed E-state index contributed by atoms with van der Waals surface area (Å²) in [5.41, 5.74) is 6.11. The average molecular weight is 266 g/mol. The van der Waals surface area contributed by atoms with Crippen LogP contribution in [0, 0.1) is 17.7 Å². The Kier molecular flexibility index (Phi) is 4.37. The minimum Gasteiger partial charge on any atom is -0.494 e.